The number of hydrogen-bond acceptors (Lipinski definition) is 4. The fraction of sp³-hybridized carbons (Fsp3) is 0.0357. The van der Waals surface area contributed by atoms with Crippen LogP contribution in [0.1, 0.15) is 16.7 Å². The molecule has 0 amide bonds. The number of thiazole rings is 1. The van der Waals surface area contributed by atoms with Crippen LogP contribution in [0.5, 0.6) is 0 Å². The van der Waals surface area contributed by atoms with Gasteiger partial charge in [-0.3, -0.25) is 0 Å². The molecule has 150 valence electrons. The standard InChI is InChI=1S/C28H17N3S/c1-18-4-2-3-5-23(18)28-31-26-24(21-10-6-19(16-29)7-11-21)14-15-25(27(26)32-28)22-12-8-20(17-30)9-13-22/h2-15H,1H3. The monoisotopic (exact) mass is 427 g/mol. The van der Waals surface area contributed by atoms with E-state index in [1.165, 1.54) is 5.56 Å². The van der Waals surface area contributed by atoms with Crippen molar-refractivity contribution >= 4 is 21.6 Å². The van der Waals surface area contributed by atoms with Crippen molar-refractivity contribution < 1.29 is 0 Å². The molecule has 0 spiro atoms. The van der Waals surface area contributed by atoms with Gasteiger partial charge in [-0.05, 0) is 47.9 Å². The molecular formula is C28H17N3S. The van der Waals surface area contributed by atoms with Gasteiger partial charge in [0.05, 0.1) is 33.5 Å². The molecule has 0 saturated heterocycles. The molecule has 0 aliphatic heterocycles. The van der Waals surface area contributed by atoms with Crippen molar-refractivity contribution in [2.24, 2.45) is 0 Å². The van der Waals surface area contributed by atoms with E-state index in [1.807, 2.05) is 60.7 Å². The van der Waals surface area contributed by atoms with Crippen molar-refractivity contribution in [2.45, 2.75) is 6.92 Å². The Morgan fingerprint density at radius 3 is 1.81 bits per heavy atom. The third kappa shape index (κ3) is 3.44. The van der Waals surface area contributed by atoms with Crippen LogP contribution in [0.3, 0.4) is 0 Å². The van der Waals surface area contributed by atoms with Crippen LogP contribution in [0.2, 0.25) is 0 Å². The van der Waals surface area contributed by atoms with Crippen LogP contribution in [-0.4, -0.2) is 4.98 Å². The molecule has 5 rings (SSSR count). The number of hydrogen-bond donors (Lipinski definition) is 0. The summed E-state index contributed by atoms with van der Waals surface area (Å²) in [7, 11) is 0. The third-order valence-electron chi connectivity index (χ3n) is 5.57. The summed E-state index contributed by atoms with van der Waals surface area (Å²) >= 11 is 1.68. The van der Waals surface area contributed by atoms with Gasteiger partial charge in [-0.1, -0.05) is 60.7 Å². The van der Waals surface area contributed by atoms with Gasteiger partial charge in [0.2, 0.25) is 0 Å². The van der Waals surface area contributed by atoms with Crippen LogP contribution < -0.4 is 0 Å². The number of nitriles is 2. The Balaban J connectivity index is 1.76. The fourth-order valence-electron chi connectivity index (χ4n) is 3.84. The van der Waals surface area contributed by atoms with Crippen molar-refractivity contribution in [3.8, 4) is 45.0 Å². The zero-order valence-electron chi connectivity index (χ0n) is 17.3. The molecule has 3 nitrogen and oxygen atoms in total. The van der Waals surface area contributed by atoms with Crippen molar-refractivity contribution in [1.82, 2.24) is 4.98 Å². The van der Waals surface area contributed by atoms with Gasteiger partial charge in [-0.2, -0.15) is 10.5 Å². The lowest BCUT2D eigenvalue weighted by atomic mass is 9.98. The lowest BCUT2D eigenvalue weighted by molar-refractivity contribution is 1.41. The molecule has 5 aromatic rings. The van der Waals surface area contributed by atoms with Crippen LogP contribution in [-0.2, 0) is 0 Å². The fourth-order valence-corrected chi connectivity index (χ4v) is 5.06. The molecule has 4 heteroatoms. The summed E-state index contributed by atoms with van der Waals surface area (Å²) in [6, 6.07) is 32.2. The Morgan fingerprint density at radius 1 is 0.656 bits per heavy atom. The summed E-state index contributed by atoms with van der Waals surface area (Å²) in [5, 5.41) is 19.3. The molecule has 0 N–H and O–H groups in total. The Labute approximate surface area is 190 Å². The first-order valence-electron chi connectivity index (χ1n) is 10.2. The Bertz CT molecular complexity index is 1440. The van der Waals surface area contributed by atoms with Gasteiger partial charge in [-0.15, -0.1) is 11.3 Å². The molecule has 32 heavy (non-hydrogen) atoms. The molecule has 1 aromatic heterocycles. The van der Waals surface area contributed by atoms with Gasteiger partial charge in [0, 0.05) is 16.7 Å². The topological polar surface area (TPSA) is 60.5 Å². The van der Waals surface area contributed by atoms with E-state index in [0.29, 0.717) is 11.1 Å². The van der Waals surface area contributed by atoms with Gasteiger partial charge in [-0.25, -0.2) is 4.98 Å². The number of fused-ring (bicyclic) bond motifs is 1. The van der Waals surface area contributed by atoms with Crippen molar-refractivity contribution in [1.29, 1.82) is 10.5 Å². The van der Waals surface area contributed by atoms with Gasteiger partial charge in [0.15, 0.2) is 0 Å². The Morgan fingerprint density at radius 2 is 1.22 bits per heavy atom. The SMILES string of the molecule is Cc1ccccc1-c1nc2c(-c3ccc(C#N)cc3)ccc(-c3ccc(C#N)cc3)c2s1. The number of nitrogens with zero attached hydrogens (tertiary/aromatic N) is 3. The van der Waals surface area contributed by atoms with E-state index in [4.69, 9.17) is 15.5 Å². The maximum atomic E-state index is 9.15. The first kappa shape index (κ1) is 19.7. The van der Waals surface area contributed by atoms with E-state index in [9.17, 15) is 0 Å². The highest BCUT2D eigenvalue weighted by atomic mass is 32.1. The molecule has 0 bridgehead atoms. The largest absolute Gasteiger partial charge is 0.235 e. The Kier molecular flexibility index (Phi) is 5.00. The van der Waals surface area contributed by atoms with Crippen molar-refractivity contribution in [2.75, 3.05) is 0 Å². The van der Waals surface area contributed by atoms with E-state index in [0.717, 1.165) is 43.0 Å². The lowest BCUT2D eigenvalue weighted by Gasteiger charge is -2.08. The second-order valence-corrected chi connectivity index (χ2v) is 8.55. The second-order valence-electron chi connectivity index (χ2n) is 7.55. The summed E-state index contributed by atoms with van der Waals surface area (Å²) in [5.41, 5.74) is 8.76. The molecule has 0 atom stereocenters. The van der Waals surface area contributed by atoms with E-state index in [1.54, 1.807) is 11.3 Å². The average Bonchev–Trinajstić information content (AvgIpc) is 3.29. The predicted molar refractivity (Wildman–Crippen MR) is 130 cm³/mol. The van der Waals surface area contributed by atoms with Crippen LogP contribution in [0, 0.1) is 29.6 Å². The van der Waals surface area contributed by atoms with E-state index in [-0.39, 0.29) is 0 Å². The molecule has 0 fully saturated rings. The molecule has 0 radical (unpaired) electrons. The number of benzene rings is 4. The molecule has 0 saturated carbocycles. The molecule has 0 aliphatic carbocycles. The molecule has 4 aromatic carbocycles. The highest BCUT2D eigenvalue weighted by Gasteiger charge is 2.17. The van der Waals surface area contributed by atoms with Gasteiger partial charge >= 0.3 is 0 Å². The van der Waals surface area contributed by atoms with E-state index >= 15 is 0 Å². The van der Waals surface area contributed by atoms with Crippen LogP contribution >= 0.6 is 11.3 Å². The maximum Gasteiger partial charge on any atom is 0.124 e. The van der Waals surface area contributed by atoms with Gasteiger partial charge in [0.1, 0.15) is 5.01 Å². The summed E-state index contributed by atoms with van der Waals surface area (Å²) in [6.45, 7) is 2.10. The molecule has 1 heterocycles. The second kappa shape index (κ2) is 8.12. The van der Waals surface area contributed by atoms with Crippen LogP contribution in [0.4, 0.5) is 0 Å². The van der Waals surface area contributed by atoms with E-state index in [2.05, 4.69) is 43.3 Å². The summed E-state index contributed by atoms with van der Waals surface area (Å²) in [6.07, 6.45) is 0. The number of rotatable bonds is 3. The maximum absolute atomic E-state index is 9.15. The summed E-state index contributed by atoms with van der Waals surface area (Å²) < 4.78 is 1.11. The van der Waals surface area contributed by atoms with Crippen molar-refractivity contribution in [3.05, 3.63) is 102 Å². The minimum Gasteiger partial charge on any atom is -0.235 e. The summed E-state index contributed by atoms with van der Waals surface area (Å²) in [4.78, 5) is 5.08. The van der Waals surface area contributed by atoms with Crippen molar-refractivity contribution in [3.63, 3.8) is 0 Å². The minimum absolute atomic E-state index is 0.637. The quantitative estimate of drug-likeness (QED) is 0.302. The van der Waals surface area contributed by atoms with Crippen LogP contribution in [0.25, 0.3) is 43.0 Å². The molecular weight excluding hydrogens is 410 g/mol. The summed E-state index contributed by atoms with van der Waals surface area (Å²) in [5.74, 6) is 0. The first-order valence-corrected chi connectivity index (χ1v) is 11.0. The lowest BCUT2D eigenvalue weighted by Crippen LogP contribution is -1.86. The first-order chi connectivity index (χ1) is 15.7. The Hall–Kier alpha value is -4.25. The minimum atomic E-state index is 0.637. The zero-order valence-corrected chi connectivity index (χ0v) is 18.1. The normalized spacial score (nSPS) is 10.6. The third-order valence-corrected chi connectivity index (χ3v) is 6.69. The molecule has 0 aliphatic rings. The highest BCUT2D eigenvalue weighted by molar-refractivity contribution is 7.22. The van der Waals surface area contributed by atoms with Gasteiger partial charge < -0.3 is 0 Å². The highest BCUT2D eigenvalue weighted by Crippen LogP contribution is 2.42. The predicted octanol–water partition coefficient (Wildman–Crippen LogP) is 7.35. The van der Waals surface area contributed by atoms with E-state index < -0.39 is 0 Å². The van der Waals surface area contributed by atoms with Crippen LogP contribution in [0.15, 0.2) is 84.9 Å². The van der Waals surface area contributed by atoms with Gasteiger partial charge in [0.25, 0.3) is 0 Å². The zero-order chi connectivity index (χ0) is 22.1. The molecule has 0 unspecified atom stereocenters. The average molecular weight is 428 g/mol. The number of aromatic nitrogens is 1. The smallest absolute Gasteiger partial charge is 0.124 e. The number of aryl methyl sites for hydroxylation is 1.